The van der Waals surface area contributed by atoms with Gasteiger partial charge < -0.3 is 5.32 Å². The minimum atomic E-state index is 0.817. The number of anilines is 1. The maximum Gasteiger partial charge on any atom is 0.191 e. The van der Waals surface area contributed by atoms with E-state index in [-0.39, 0.29) is 0 Å². The van der Waals surface area contributed by atoms with Crippen molar-refractivity contribution in [1.29, 1.82) is 0 Å². The smallest absolute Gasteiger partial charge is 0.191 e. The van der Waals surface area contributed by atoms with Crippen LogP contribution in [0.1, 0.15) is 11.4 Å². The summed E-state index contributed by atoms with van der Waals surface area (Å²) in [5, 5.41) is 9.94. The highest BCUT2D eigenvalue weighted by Gasteiger charge is 2.09. The van der Waals surface area contributed by atoms with Gasteiger partial charge in [-0.25, -0.2) is 4.98 Å². The van der Waals surface area contributed by atoms with Crippen LogP contribution >= 0.6 is 11.3 Å². The van der Waals surface area contributed by atoms with Crippen LogP contribution in [0.3, 0.4) is 0 Å². The SMILES string of the molecule is Cc1ccc(NCCc2nc(-c3cccs3)nn2C)cc1. The van der Waals surface area contributed by atoms with Crippen LogP contribution in [-0.2, 0) is 13.5 Å². The molecule has 0 unspecified atom stereocenters. The fraction of sp³-hybridized carbons (Fsp3) is 0.250. The molecule has 21 heavy (non-hydrogen) atoms. The quantitative estimate of drug-likeness (QED) is 0.784. The largest absolute Gasteiger partial charge is 0.385 e. The van der Waals surface area contributed by atoms with E-state index < -0.39 is 0 Å². The number of thiophene rings is 1. The molecule has 108 valence electrons. The van der Waals surface area contributed by atoms with Gasteiger partial charge in [-0.15, -0.1) is 11.3 Å². The third kappa shape index (κ3) is 3.31. The normalized spacial score (nSPS) is 10.8. The van der Waals surface area contributed by atoms with Crippen LogP contribution in [0, 0.1) is 6.92 Å². The van der Waals surface area contributed by atoms with Crippen LogP contribution in [0.2, 0.25) is 0 Å². The molecule has 2 aromatic heterocycles. The van der Waals surface area contributed by atoms with E-state index in [9.17, 15) is 0 Å². The van der Waals surface area contributed by atoms with Crippen molar-refractivity contribution in [2.75, 3.05) is 11.9 Å². The summed E-state index contributed by atoms with van der Waals surface area (Å²) in [5.41, 5.74) is 2.41. The van der Waals surface area contributed by atoms with E-state index in [1.165, 1.54) is 5.56 Å². The zero-order valence-corrected chi connectivity index (χ0v) is 13.0. The molecular weight excluding hydrogens is 280 g/mol. The molecule has 0 aliphatic heterocycles. The van der Waals surface area contributed by atoms with E-state index in [2.05, 4.69) is 46.6 Å². The predicted molar refractivity (Wildman–Crippen MR) is 87.7 cm³/mol. The van der Waals surface area contributed by atoms with Crippen LogP contribution in [0.15, 0.2) is 41.8 Å². The standard InChI is InChI=1S/C16H18N4S/c1-12-5-7-13(8-6-12)17-10-9-15-18-16(19-20(15)2)14-4-3-11-21-14/h3-8,11,17H,9-10H2,1-2H3. The molecule has 1 aromatic carbocycles. The molecule has 1 N–H and O–H groups in total. The van der Waals surface area contributed by atoms with Crippen molar-refractivity contribution < 1.29 is 0 Å². The van der Waals surface area contributed by atoms with Gasteiger partial charge in [0, 0.05) is 25.7 Å². The van der Waals surface area contributed by atoms with Gasteiger partial charge in [0.2, 0.25) is 0 Å². The summed E-state index contributed by atoms with van der Waals surface area (Å²) >= 11 is 1.67. The Bertz CT molecular complexity index is 698. The van der Waals surface area contributed by atoms with E-state index in [0.717, 1.165) is 35.2 Å². The first kappa shape index (κ1) is 13.8. The lowest BCUT2D eigenvalue weighted by Gasteiger charge is -2.06. The first-order valence-electron chi connectivity index (χ1n) is 6.97. The first-order valence-corrected chi connectivity index (χ1v) is 7.84. The summed E-state index contributed by atoms with van der Waals surface area (Å²) in [6, 6.07) is 12.5. The van der Waals surface area contributed by atoms with Crippen molar-refractivity contribution in [3.63, 3.8) is 0 Å². The summed E-state index contributed by atoms with van der Waals surface area (Å²) in [7, 11) is 1.95. The second-order valence-corrected chi connectivity index (χ2v) is 5.94. The van der Waals surface area contributed by atoms with Crippen LogP contribution < -0.4 is 5.32 Å². The summed E-state index contributed by atoms with van der Waals surface area (Å²) in [4.78, 5) is 5.73. The number of aromatic nitrogens is 3. The number of rotatable bonds is 5. The fourth-order valence-electron chi connectivity index (χ4n) is 2.13. The predicted octanol–water partition coefficient (Wildman–Crippen LogP) is 3.51. The van der Waals surface area contributed by atoms with Crippen molar-refractivity contribution in [3.8, 4) is 10.7 Å². The maximum absolute atomic E-state index is 4.62. The molecule has 3 rings (SSSR count). The molecule has 0 atom stereocenters. The molecule has 0 saturated heterocycles. The molecule has 5 heteroatoms. The van der Waals surface area contributed by atoms with Gasteiger partial charge in [-0.1, -0.05) is 23.8 Å². The molecule has 0 aliphatic rings. The van der Waals surface area contributed by atoms with Crippen molar-refractivity contribution in [1.82, 2.24) is 14.8 Å². The topological polar surface area (TPSA) is 42.7 Å². The average Bonchev–Trinajstić information content (AvgIpc) is 3.11. The monoisotopic (exact) mass is 298 g/mol. The Morgan fingerprint density at radius 2 is 2.00 bits per heavy atom. The molecule has 0 amide bonds. The second kappa shape index (κ2) is 6.10. The minimum absolute atomic E-state index is 0.817. The van der Waals surface area contributed by atoms with E-state index in [1.807, 2.05) is 29.2 Å². The maximum atomic E-state index is 4.62. The van der Waals surface area contributed by atoms with Crippen molar-refractivity contribution in [2.45, 2.75) is 13.3 Å². The third-order valence-corrected chi connectivity index (χ3v) is 4.19. The van der Waals surface area contributed by atoms with Crippen LogP contribution in [-0.4, -0.2) is 21.3 Å². The van der Waals surface area contributed by atoms with Gasteiger partial charge in [0.25, 0.3) is 0 Å². The molecule has 4 nitrogen and oxygen atoms in total. The van der Waals surface area contributed by atoms with Gasteiger partial charge in [0.1, 0.15) is 5.82 Å². The Balaban J connectivity index is 1.62. The van der Waals surface area contributed by atoms with Gasteiger partial charge >= 0.3 is 0 Å². The number of nitrogens with zero attached hydrogens (tertiary/aromatic N) is 3. The highest BCUT2D eigenvalue weighted by Crippen LogP contribution is 2.21. The summed E-state index contributed by atoms with van der Waals surface area (Å²) < 4.78 is 1.87. The zero-order chi connectivity index (χ0) is 14.7. The molecule has 0 radical (unpaired) electrons. The summed E-state index contributed by atoms with van der Waals surface area (Å²) in [5.74, 6) is 1.82. The third-order valence-electron chi connectivity index (χ3n) is 3.32. The Morgan fingerprint density at radius 3 is 2.71 bits per heavy atom. The van der Waals surface area contributed by atoms with Crippen LogP contribution in [0.4, 0.5) is 5.69 Å². The highest BCUT2D eigenvalue weighted by molar-refractivity contribution is 7.13. The molecular formula is C16H18N4S. The lowest BCUT2D eigenvalue weighted by atomic mass is 10.2. The first-order chi connectivity index (χ1) is 10.2. The van der Waals surface area contributed by atoms with Crippen molar-refractivity contribution in [3.05, 3.63) is 53.2 Å². The van der Waals surface area contributed by atoms with Crippen molar-refractivity contribution >= 4 is 17.0 Å². The Labute approximate surface area is 128 Å². The lowest BCUT2D eigenvalue weighted by Crippen LogP contribution is -2.09. The van der Waals surface area contributed by atoms with Gasteiger partial charge in [-0.2, -0.15) is 5.10 Å². The lowest BCUT2D eigenvalue weighted by molar-refractivity contribution is 0.702. The molecule has 0 fully saturated rings. The van der Waals surface area contributed by atoms with E-state index in [0.29, 0.717) is 0 Å². The van der Waals surface area contributed by atoms with Gasteiger partial charge in [0.15, 0.2) is 5.82 Å². The van der Waals surface area contributed by atoms with Gasteiger partial charge in [-0.05, 0) is 30.5 Å². The summed E-state index contributed by atoms with van der Waals surface area (Å²) in [6.45, 7) is 2.94. The summed E-state index contributed by atoms with van der Waals surface area (Å²) in [6.07, 6.45) is 0.850. The van der Waals surface area contributed by atoms with Crippen LogP contribution in [0.25, 0.3) is 10.7 Å². The zero-order valence-electron chi connectivity index (χ0n) is 12.2. The van der Waals surface area contributed by atoms with Gasteiger partial charge in [-0.3, -0.25) is 4.68 Å². The highest BCUT2D eigenvalue weighted by atomic mass is 32.1. The second-order valence-electron chi connectivity index (χ2n) is 5.00. The average molecular weight is 298 g/mol. The Kier molecular flexibility index (Phi) is 4.01. The molecule has 0 saturated carbocycles. The Hall–Kier alpha value is -2.14. The van der Waals surface area contributed by atoms with Crippen LogP contribution in [0.5, 0.6) is 0 Å². The van der Waals surface area contributed by atoms with E-state index in [4.69, 9.17) is 0 Å². The van der Waals surface area contributed by atoms with Crippen molar-refractivity contribution in [2.24, 2.45) is 7.05 Å². The van der Waals surface area contributed by atoms with E-state index in [1.54, 1.807) is 11.3 Å². The minimum Gasteiger partial charge on any atom is -0.385 e. The van der Waals surface area contributed by atoms with E-state index >= 15 is 0 Å². The number of aryl methyl sites for hydroxylation is 2. The molecule has 0 spiro atoms. The number of hydrogen-bond donors (Lipinski definition) is 1. The molecule has 0 bridgehead atoms. The molecule has 0 aliphatic carbocycles. The molecule has 2 heterocycles. The number of benzene rings is 1. The number of nitrogens with one attached hydrogen (secondary N) is 1. The van der Waals surface area contributed by atoms with Gasteiger partial charge in [0.05, 0.1) is 4.88 Å². The Morgan fingerprint density at radius 1 is 1.19 bits per heavy atom. The fourth-order valence-corrected chi connectivity index (χ4v) is 2.79. The number of hydrogen-bond acceptors (Lipinski definition) is 4. The molecule has 3 aromatic rings.